The lowest BCUT2D eigenvalue weighted by atomic mass is 10.1. The van der Waals surface area contributed by atoms with E-state index in [0.29, 0.717) is 12.0 Å². The third-order valence-corrected chi connectivity index (χ3v) is 2.30. The first kappa shape index (κ1) is 13.2. The predicted molar refractivity (Wildman–Crippen MR) is 60.3 cm³/mol. The molecule has 0 saturated carbocycles. The van der Waals surface area contributed by atoms with Gasteiger partial charge in [-0.25, -0.2) is 4.39 Å². The number of aliphatic carboxylic acids is 1. The molecule has 4 nitrogen and oxygen atoms in total. The van der Waals surface area contributed by atoms with Gasteiger partial charge in [0.15, 0.2) is 0 Å². The molecule has 1 aromatic rings. The molecule has 0 aromatic heterocycles. The molecule has 0 radical (unpaired) electrons. The quantitative estimate of drug-likeness (QED) is 0.769. The first-order chi connectivity index (χ1) is 8.00. The van der Waals surface area contributed by atoms with Crippen molar-refractivity contribution in [2.45, 2.75) is 19.8 Å². The van der Waals surface area contributed by atoms with Crippen molar-refractivity contribution in [1.29, 1.82) is 0 Å². The molecule has 0 fully saturated rings. The van der Waals surface area contributed by atoms with Crippen LogP contribution < -0.4 is 5.32 Å². The topological polar surface area (TPSA) is 66.4 Å². The summed E-state index contributed by atoms with van der Waals surface area (Å²) in [7, 11) is 0. The lowest BCUT2D eigenvalue weighted by Crippen LogP contribution is -2.25. The second-order valence-corrected chi connectivity index (χ2v) is 3.71. The maximum absolute atomic E-state index is 12.9. The Morgan fingerprint density at radius 2 is 2.12 bits per heavy atom. The van der Waals surface area contributed by atoms with Gasteiger partial charge in [-0.3, -0.25) is 9.59 Å². The fourth-order valence-corrected chi connectivity index (χ4v) is 1.38. The number of amides is 1. The molecule has 0 spiro atoms. The number of benzene rings is 1. The van der Waals surface area contributed by atoms with Crippen molar-refractivity contribution in [2.75, 3.05) is 6.54 Å². The van der Waals surface area contributed by atoms with Gasteiger partial charge in [-0.2, -0.15) is 0 Å². The monoisotopic (exact) mass is 239 g/mol. The van der Waals surface area contributed by atoms with Crippen LogP contribution >= 0.6 is 0 Å². The maximum atomic E-state index is 12.9. The van der Waals surface area contributed by atoms with Gasteiger partial charge in [0.1, 0.15) is 5.82 Å². The SMILES string of the molecule is Cc1ccc(F)cc1C(=O)NCCCC(=O)O. The molecule has 0 aliphatic rings. The van der Waals surface area contributed by atoms with Crippen LogP contribution in [0, 0.1) is 12.7 Å². The number of hydrogen-bond donors (Lipinski definition) is 2. The first-order valence-electron chi connectivity index (χ1n) is 5.27. The molecule has 17 heavy (non-hydrogen) atoms. The highest BCUT2D eigenvalue weighted by Crippen LogP contribution is 2.09. The Morgan fingerprint density at radius 3 is 2.76 bits per heavy atom. The van der Waals surface area contributed by atoms with E-state index < -0.39 is 11.8 Å². The fraction of sp³-hybridized carbons (Fsp3) is 0.333. The lowest BCUT2D eigenvalue weighted by Gasteiger charge is -2.07. The smallest absolute Gasteiger partial charge is 0.303 e. The van der Waals surface area contributed by atoms with Crippen LogP contribution in [-0.2, 0) is 4.79 Å². The number of carbonyl (C=O) groups excluding carboxylic acids is 1. The molecule has 1 rings (SSSR count). The van der Waals surface area contributed by atoms with Gasteiger partial charge in [-0.1, -0.05) is 6.07 Å². The molecule has 0 atom stereocenters. The van der Waals surface area contributed by atoms with Gasteiger partial charge in [0.2, 0.25) is 0 Å². The standard InChI is InChI=1S/C12H14FNO3/c1-8-4-5-9(13)7-10(8)12(17)14-6-2-3-11(15)16/h4-5,7H,2-3,6H2,1H3,(H,14,17)(H,15,16). The molecule has 1 amide bonds. The third kappa shape index (κ3) is 4.22. The first-order valence-corrected chi connectivity index (χ1v) is 5.27. The maximum Gasteiger partial charge on any atom is 0.303 e. The van der Waals surface area contributed by atoms with Gasteiger partial charge in [0.25, 0.3) is 5.91 Å². The minimum atomic E-state index is -0.902. The molecule has 5 heteroatoms. The van der Waals surface area contributed by atoms with Gasteiger partial charge >= 0.3 is 5.97 Å². The van der Waals surface area contributed by atoms with Crippen molar-refractivity contribution in [1.82, 2.24) is 5.32 Å². The third-order valence-electron chi connectivity index (χ3n) is 2.30. The van der Waals surface area contributed by atoms with Gasteiger partial charge in [0, 0.05) is 18.5 Å². The highest BCUT2D eigenvalue weighted by Gasteiger charge is 2.09. The van der Waals surface area contributed by atoms with E-state index in [1.165, 1.54) is 18.2 Å². The van der Waals surface area contributed by atoms with E-state index in [0.717, 1.165) is 0 Å². The van der Waals surface area contributed by atoms with Crippen molar-refractivity contribution in [2.24, 2.45) is 0 Å². The lowest BCUT2D eigenvalue weighted by molar-refractivity contribution is -0.137. The van der Waals surface area contributed by atoms with E-state index in [-0.39, 0.29) is 24.4 Å². The highest BCUT2D eigenvalue weighted by atomic mass is 19.1. The summed E-state index contributed by atoms with van der Waals surface area (Å²) in [5.74, 6) is -1.75. The minimum absolute atomic E-state index is 0.00239. The van der Waals surface area contributed by atoms with E-state index in [1.54, 1.807) is 6.92 Å². The van der Waals surface area contributed by atoms with Gasteiger partial charge < -0.3 is 10.4 Å². The molecular weight excluding hydrogens is 225 g/mol. The highest BCUT2D eigenvalue weighted by molar-refractivity contribution is 5.95. The Hall–Kier alpha value is -1.91. The van der Waals surface area contributed by atoms with Gasteiger partial charge in [-0.05, 0) is 31.0 Å². The van der Waals surface area contributed by atoms with Crippen LogP contribution in [0.15, 0.2) is 18.2 Å². The summed E-state index contributed by atoms with van der Waals surface area (Å²) < 4.78 is 12.9. The molecule has 0 unspecified atom stereocenters. The number of halogens is 1. The van der Waals surface area contributed by atoms with Crippen LogP contribution in [0.25, 0.3) is 0 Å². The Bertz CT molecular complexity index is 432. The van der Waals surface area contributed by atoms with Crippen LogP contribution in [0.4, 0.5) is 4.39 Å². The number of hydrogen-bond acceptors (Lipinski definition) is 2. The fourth-order valence-electron chi connectivity index (χ4n) is 1.38. The van der Waals surface area contributed by atoms with Crippen LogP contribution in [-0.4, -0.2) is 23.5 Å². The molecule has 0 saturated heterocycles. The number of aryl methyl sites for hydroxylation is 1. The van der Waals surface area contributed by atoms with E-state index >= 15 is 0 Å². The van der Waals surface area contributed by atoms with Crippen LogP contribution in [0.5, 0.6) is 0 Å². The summed E-state index contributed by atoms with van der Waals surface area (Å²) in [5.41, 5.74) is 0.961. The van der Waals surface area contributed by atoms with Crippen molar-refractivity contribution in [3.63, 3.8) is 0 Å². The van der Waals surface area contributed by atoms with Gasteiger partial charge in [0.05, 0.1) is 0 Å². The zero-order valence-electron chi connectivity index (χ0n) is 9.50. The molecule has 0 aliphatic carbocycles. The van der Waals surface area contributed by atoms with Crippen LogP contribution in [0.2, 0.25) is 0 Å². The average Bonchev–Trinajstić information content (AvgIpc) is 2.27. The summed E-state index contributed by atoms with van der Waals surface area (Å²) in [6.07, 6.45) is 0.359. The van der Waals surface area contributed by atoms with Crippen molar-refractivity contribution < 1.29 is 19.1 Å². The Balaban J connectivity index is 2.52. The molecule has 0 aliphatic heterocycles. The molecule has 0 bridgehead atoms. The van der Waals surface area contributed by atoms with Gasteiger partial charge in [-0.15, -0.1) is 0 Å². The van der Waals surface area contributed by atoms with Crippen LogP contribution in [0.3, 0.4) is 0 Å². The van der Waals surface area contributed by atoms with Crippen molar-refractivity contribution in [3.05, 3.63) is 35.1 Å². The normalized spacial score (nSPS) is 10.0. The summed E-state index contributed by atoms with van der Waals surface area (Å²) in [6.45, 7) is 1.98. The summed E-state index contributed by atoms with van der Waals surface area (Å²) in [6, 6.07) is 3.99. The zero-order valence-corrected chi connectivity index (χ0v) is 9.50. The Kier molecular flexibility index (Phi) is 4.63. The van der Waals surface area contributed by atoms with E-state index in [9.17, 15) is 14.0 Å². The summed E-state index contributed by atoms with van der Waals surface area (Å²) in [4.78, 5) is 21.9. The number of carboxylic acids is 1. The minimum Gasteiger partial charge on any atom is -0.481 e. The number of nitrogens with one attached hydrogen (secondary N) is 1. The van der Waals surface area contributed by atoms with Crippen molar-refractivity contribution in [3.8, 4) is 0 Å². The molecule has 92 valence electrons. The molecular formula is C12H14FNO3. The van der Waals surface area contributed by atoms with E-state index in [1.807, 2.05) is 0 Å². The Morgan fingerprint density at radius 1 is 1.41 bits per heavy atom. The Labute approximate surface area is 98.5 Å². The van der Waals surface area contributed by atoms with E-state index in [2.05, 4.69) is 5.32 Å². The number of carboxylic acid groups (broad SMARTS) is 1. The summed E-state index contributed by atoms with van der Waals surface area (Å²) in [5, 5.41) is 11.0. The second-order valence-electron chi connectivity index (χ2n) is 3.71. The molecule has 2 N–H and O–H groups in total. The summed E-state index contributed by atoms with van der Waals surface area (Å²) >= 11 is 0. The van der Waals surface area contributed by atoms with Crippen molar-refractivity contribution >= 4 is 11.9 Å². The van der Waals surface area contributed by atoms with Crippen LogP contribution in [0.1, 0.15) is 28.8 Å². The zero-order chi connectivity index (χ0) is 12.8. The van der Waals surface area contributed by atoms with E-state index in [4.69, 9.17) is 5.11 Å². The molecule has 0 heterocycles. The number of rotatable bonds is 5. The average molecular weight is 239 g/mol. The largest absolute Gasteiger partial charge is 0.481 e. The second kappa shape index (κ2) is 5.98. The number of carbonyl (C=O) groups is 2. The molecule has 1 aromatic carbocycles. The predicted octanol–water partition coefficient (Wildman–Crippen LogP) is 1.73.